The van der Waals surface area contributed by atoms with E-state index in [1.165, 1.54) is 0 Å². The highest BCUT2D eigenvalue weighted by Gasteiger charge is 2.41. The van der Waals surface area contributed by atoms with Crippen molar-refractivity contribution in [1.29, 1.82) is 0 Å². The molecule has 184 valence electrons. The molecule has 1 aromatic heterocycles. The van der Waals surface area contributed by atoms with Gasteiger partial charge in [-0.2, -0.15) is 0 Å². The molecular weight excluding hydrogens is 503 g/mol. The first-order valence-corrected chi connectivity index (χ1v) is 13.1. The summed E-state index contributed by atoms with van der Waals surface area (Å²) in [6.07, 6.45) is 6.49. The lowest BCUT2D eigenvalue weighted by Gasteiger charge is -2.31. The van der Waals surface area contributed by atoms with Crippen LogP contribution >= 0.6 is 34.8 Å². The van der Waals surface area contributed by atoms with Crippen LogP contribution in [0.25, 0.3) is 0 Å². The van der Waals surface area contributed by atoms with Gasteiger partial charge in [-0.1, -0.05) is 72.8 Å². The van der Waals surface area contributed by atoms with Gasteiger partial charge in [0.15, 0.2) is 0 Å². The summed E-state index contributed by atoms with van der Waals surface area (Å²) < 4.78 is 0. The second-order valence-corrected chi connectivity index (χ2v) is 10.4. The molecule has 1 fully saturated rings. The molecule has 0 bridgehead atoms. The molecule has 35 heavy (non-hydrogen) atoms. The van der Waals surface area contributed by atoms with Crippen molar-refractivity contribution in [3.63, 3.8) is 0 Å². The summed E-state index contributed by atoms with van der Waals surface area (Å²) in [7, 11) is 0. The van der Waals surface area contributed by atoms with Crippen molar-refractivity contribution < 1.29 is 4.79 Å². The van der Waals surface area contributed by atoms with Gasteiger partial charge in [0.1, 0.15) is 0 Å². The minimum atomic E-state index is -0.385. The minimum Gasteiger partial charge on any atom is -0.352 e. The van der Waals surface area contributed by atoms with Crippen molar-refractivity contribution in [3.05, 3.63) is 86.1 Å². The van der Waals surface area contributed by atoms with Gasteiger partial charge in [-0.05, 0) is 61.6 Å². The smallest absolute Gasteiger partial charge is 0.255 e. The Bertz CT molecular complexity index is 1190. The average molecular weight is 532 g/mol. The fourth-order valence-corrected chi connectivity index (χ4v) is 5.25. The van der Waals surface area contributed by atoms with Gasteiger partial charge in [-0.25, -0.2) is 9.97 Å². The highest BCUT2D eigenvalue weighted by Crippen LogP contribution is 2.47. The maximum Gasteiger partial charge on any atom is 0.255 e. The van der Waals surface area contributed by atoms with E-state index in [-0.39, 0.29) is 23.9 Å². The summed E-state index contributed by atoms with van der Waals surface area (Å²) in [5, 5.41) is 8.11. The Balaban J connectivity index is 1.73. The van der Waals surface area contributed by atoms with Gasteiger partial charge in [0.05, 0.1) is 11.3 Å². The van der Waals surface area contributed by atoms with E-state index in [1.807, 2.05) is 30.3 Å². The molecule has 3 aromatic rings. The summed E-state index contributed by atoms with van der Waals surface area (Å²) in [4.78, 5) is 22.9. The Morgan fingerprint density at radius 3 is 2.40 bits per heavy atom. The molecule has 1 heterocycles. The molecule has 1 saturated carbocycles. The van der Waals surface area contributed by atoms with E-state index < -0.39 is 0 Å². The van der Waals surface area contributed by atoms with Crippen LogP contribution in [0.3, 0.4) is 0 Å². The Kier molecular flexibility index (Phi) is 8.20. The van der Waals surface area contributed by atoms with Crippen LogP contribution in [-0.4, -0.2) is 21.9 Å². The van der Waals surface area contributed by atoms with Crippen molar-refractivity contribution in [2.45, 2.75) is 64.0 Å². The van der Waals surface area contributed by atoms with Crippen molar-refractivity contribution in [2.24, 2.45) is 0 Å². The van der Waals surface area contributed by atoms with Crippen LogP contribution in [0, 0.1) is 0 Å². The second kappa shape index (κ2) is 11.2. The van der Waals surface area contributed by atoms with Crippen molar-refractivity contribution in [1.82, 2.24) is 15.3 Å². The zero-order valence-corrected chi connectivity index (χ0v) is 22.1. The fourth-order valence-electron chi connectivity index (χ4n) is 4.65. The third-order valence-electron chi connectivity index (χ3n) is 6.78. The Hall–Kier alpha value is -2.34. The summed E-state index contributed by atoms with van der Waals surface area (Å²) in [6.45, 7) is 4.47. The number of nitrogens with zero attached hydrogens (tertiary/aromatic N) is 2. The molecule has 1 atom stereocenters. The van der Waals surface area contributed by atoms with Crippen molar-refractivity contribution in [3.8, 4) is 0 Å². The first-order chi connectivity index (χ1) is 16.8. The van der Waals surface area contributed by atoms with Crippen LogP contribution in [0.5, 0.6) is 0 Å². The van der Waals surface area contributed by atoms with E-state index in [4.69, 9.17) is 39.8 Å². The van der Waals surface area contributed by atoms with Crippen LogP contribution in [0.4, 0.5) is 5.95 Å². The Labute approximate surface area is 221 Å². The SMILES string of the molecule is CCC(C)Nc1ncc(C(=O)NCc2ccc(Cl)cc2Cl)c(C2(c3ccc(Cl)cc3)CCCC2)n1. The molecule has 5 nitrogen and oxygen atoms in total. The summed E-state index contributed by atoms with van der Waals surface area (Å²) in [5.41, 5.74) is 2.74. The molecular formula is C27H29Cl3N4O. The molecule has 1 aliphatic carbocycles. The fraction of sp³-hybridized carbons (Fsp3) is 0.370. The van der Waals surface area contributed by atoms with Gasteiger partial charge in [-0.15, -0.1) is 0 Å². The molecule has 4 rings (SSSR count). The third-order valence-corrected chi connectivity index (χ3v) is 7.62. The topological polar surface area (TPSA) is 66.9 Å². The summed E-state index contributed by atoms with van der Waals surface area (Å²) in [6, 6.07) is 13.4. The maximum atomic E-state index is 13.5. The first-order valence-electron chi connectivity index (χ1n) is 11.9. The highest BCUT2D eigenvalue weighted by molar-refractivity contribution is 6.35. The predicted octanol–water partition coefficient (Wildman–Crippen LogP) is 7.44. The van der Waals surface area contributed by atoms with Gasteiger partial charge < -0.3 is 10.6 Å². The molecule has 2 N–H and O–H groups in total. The number of anilines is 1. The quantitative estimate of drug-likeness (QED) is 0.317. The van der Waals surface area contributed by atoms with E-state index >= 15 is 0 Å². The van der Waals surface area contributed by atoms with Gasteiger partial charge in [0.2, 0.25) is 5.95 Å². The molecule has 0 radical (unpaired) electrons. The summed E-state index contributed by atoms with van der Waals surface area (Å²) in [5.74, 6) is 0.299. The molecule has 1 unspecified atom stereocenters. The van der Waals surface area contributed by atoms with Gasteiger partial charge in [-0.3, -0.25) is 4.79 Å². The van der Waals surface area contributed by atoms with Crippen LogP contribution in [0.1, 0.15) is 73.1 Å². The highest BCUT2D eigenvalue weighted by atomic mass is 35.5. The number of carbonyl (C=O) groups is 1. The van der Waals surface area contributed by atoms with Gasteiger partial charge in [0.25, 0.3) is 5.91 Å². The number of hydrogen-bond donors (Lipinski definition) is 2. The van der Waals surface area contributed by atoms with E-state index in [2.05, 4.69) is 29.5 Å². The number of aromatic nitrogens is 2. The average Bonchev–Trinajstić information content (AvgIpc) is 3.35. The van der Waals surface area contributed by atoms with Crippen LogP contribution in [0.2, 0.25) is 15.1 Å². The number of amides is 1. The van der Waals surface area contributed by atoms with E-state index in [9.17, 15) is 4.79 Å². The van der Waals surface area contributed by atoms with Crippen molar-refractivity contribution in [2.75, 3.05) is 5.32 Å². The standard InChI is InChI=1S/C27H29Cl3N4O/c1-3-17(2)33-26-32-16-22(25(35)31-15-18-6-9-21(29)14-23(18)30)24(34-26)27(12-4-5-13-27)19-7-10-20(28)11-8-19/h6-11,14,16-17H,3-5,12-13,15H2,1-2H3,(H,31,35)(H,32,33,34). The molecule has 0 saturated heterocycles. The minimum absolute atomic E-state index is 0.213. The van der Waals surface area contributed by atoms with Gasteiger partial charge >= 0.3 is 0 Å². The maximum absolute atomic E-state index is 13.5. The van der Waals surface area contributed by atoms with E-state index in [0.29, 0.717) is 26.6 Å². The normalized spacial score (nSPS) is 15.6. The van der Waals surface area contributed by atoms with E-state index in [1.54, 1.807) is 18.3 Å². The molecule has 2 aromatic carbocycles. The second-order valence-electron chi connectivity index (χ2n) is 9.12. The monoisotopic (exact) mass is 530 g/mol. The Morgan fingerprint density at radius 2 is 1.74 bits per heavy atom. The zero-order chi connectivity index (χ0) is 25.0. The summed E-state index contributed by atoms with van der Waals surface area (Å²) >= 11 is 18.5. The molecule has 1 amide bonds. The number of hydrogen-bond acceptors (Lipinski definition) is 4. The lowest BCUT2D eigenvalue weighted by atomic mass is 9.74. The number of halogens is 3. The molecule has 8 heteroatoms. The Morgan fingerprint density at radius 1 is 1.06 bits per heavy atom. The van der Waals surface area contributed by atoms with Crippen LogP contribution in [-0.2, 0) is 12.0 Å². The lowest BCUT2D eigenvalue weighted by molar-refractivity contribution is 0.0947. The lowest BCUT2D eigenvalue weighted by Crippen LogP contribution is -2.33. The predicted molar refractivity (Wildman–Crippen MR) is 144 cm³/mol. The van der Waals surface area contributed by atoms with E-state index in [0.717, 1.165) is 48.9 Å². The molecule has 0 aliphatic heterocycles. The van der Waals surface area contributed by atoms with Crippen molar-refractivity contribution >= 4 is 46.7 Å². The third kappa shape index (κ3) is 5.74. The van der Waals surface area contributed by atoms with Crippen LogP contribution in [0.15, 0.2) is 48.7 Å². The first kappa shape index (κ1) is 25.7. The largest absolute Gasteiger partial charge is 0.352 e. The van der Waals surface area contributed by atoms with Crippen LogP contribution < -0.4 is 10.6 Å². The molecule has 0 spiro atoms. The molecule has 1 aliphatic rings. The zero-order valence-electron chi connectivity index (χ0n) is 19.9. The number of nitrogens with one attached hydrogen (secondary N) is 2. The number of carbonyl (C=O) groups excluding carboxylic acids is 1. The number of benzene rings is 2. The van der Waals surface area contributed by atoms with Gasteiger partial charge in [0, 0.05) is 39.3 Å². The number of rotatable bonds is 8.